The molecule has 0 spiro atoms. The minimum absolute atomic E-state index is 0.249. The van der Waals surface area contributed by atoms with Gasteiger partial charge in [0.05, 0.1) is 24.9 Å². The third kappa shape index (κ3) is 3.63. The first-order chi connectivity index (χ1) is 12.7. The highest BCUT2D eigenvalue weighted by atomic mass is 32.2. The van der Waals surface area contributed by atoms with Crippen molar-refractivity contribution in [2.75, 3.05) is 24.3 Å². The highest BCUT2D eigenvalue weighted by Gasteiger charge is 2.19. The SMILES string of the molecule is Nc1ccc(Sc2ccccc2-c2ccnc(NC3COC3)n2)c(F)c1. The molecule has 1 fully saturated rings. The lowest BCUT2D eigenvalue weighted by molar-refractivity contribution is 0.0208. The number of nitrogens with one attached hydrogen (secondary N) is 1. The van der Waals surface area contributed by atoms with E-state index in [1.54, 1.807) is 18.3 Å². The summed E-state index contributed by atoms with van der Waals surface area (Å²) in [5.41, 5.74) is 7.74. The molecule has 2 heterocycles. The Morgan fingerprint density at radius 3 is 2.73 bits per heavy atom. The molecule has 0 radical (unpaired) electrons. The number of ether oxygens (including phenoxy) is 1. The number of anilines is 2. The van der Waals surface area contributed by atoms with Crippen molar-refractivity contribution < 1.29 is 9.13 Å². The van der Waals surface area contributed by atoms with Gasteiger partial charge >= 0.3 is 0 Å². The van der Waals surface area contributed by atoms with Crippen molar-refractivity contribution in [2.45, 2.75) is 15.8 Å². The van der Waals surface area contributed by atoms with E-state index in [4.69, 9.17) is 10.5 Å². The van der Waals surface area contributed by atoms with Gasteiger partial charge in [0.1, 0.15) is 5.82 Å². The van der Waals surface area contributed by atoms with Gasteiger partial charge in [-0.3, -0.25) is 0 Å². The maximum atomic E-state index is 14.2. The largest absolute Gasteiger partial charge is 0.399 e. The van der Waals surface area contributed by atoms with Crippen LogP contribution in [0, 0.1) is 5.82 Å². The number of rotatable bonds is 5. The van der Waals surface area contributed by atoms with Crippen LogP contribution < -0.4 is 11.1 Å². The zero-order valence-corrected chi connectivity index (χ0v) is 14.7. The lowest BCUT2D eigenvalue weighted by atomic mass is 10.1. The van der Waals surface area contributed by atoms with Crippen LogP contribution in [0.15, 0.2) is 64.5 Å². The van der Waals surface area contributed by atoms with Gasteiger partial charge < -0.3 is 15.8 Å². The van der Waals surface area contributed by atoms with Crippen molar-refractivity contribution in [3.63, 3.8) is 0 Å². The summed E-state index contributed by atoms with van der Waals surface area (Å²) < 4.78 is 19.3. The molecule has 5 nitrogen and oxygen atoms in total. The van der Waals surface area contributed by atoms with Gasteiger partial charge in [-0.15, -0.1) is 0 Å². The molecule has 3 N–H and O–H groups in total. The molecule has 0 aliphatic carbocycles. The highest BCUT2D eigenvalue weighted by molar-refractivity contribution is 7.99. The molecule has 0 saturated carbocycles. The predicted molar refractivity (Wildman–Crippen MR) is 101 cm³/mol. The Labute approximate surface area is 154 Å². The lowest BCUT2D eigenvalue weighted by Gasteiger charge is -2.26. The third-order valence-corrected chi connectivity index (χ3v) is 5.09. The number of benzene rings is 2. The van der Waals surface area contributed by atoms with Gasteiger partial charge in [-0.25, -0.2) is 14.4 Å². The number of hydrogen-bond acceptors (Lipinski definition) is 6. The number of nitrogens with two attached hydrogens (primary N) is 1. The maximum Gasteiger partial charge on any atom is 0.223 e. The van der Waals surface area contributed by atoms with E-state index >= 15 is 0 Å². The number of aromatic nitrogens is 2. The average molecular weight is 368 g/mol. The van der Waals surface area contributed by atoms with E-state index in [-0.39, 0.29) is 11.9 Å². The van der Waals surface area contributed by atoms with Crippen LogP contribution in [0.4, 0.5) is 16.0 Å². The fourth-order valence-electron chi connectivity index (χ4n) is 2.57. The Morgan fingerprint density at radius 1 is 1.12 bits per heavy atom. The summed E-state index contributed by atoms with van der Waals surface area (Å²) in [7, 11) is 0. The minimum atomic E-state index is -0.333. The van der Waals surface area contributed by atoms with Crippen molar-refractivity contribution in [1.82, 2.24) is 9.97 Å². The molecule has 1 aliphatic heterocycles. The second kappa shape index (κ2) is 7.31. The molecule has 132 valence electrons. The maximum absolute atomic E-state index is 14.2. The van der Waals surface area contributed by atoms with Gasteiger partial charge in [0.15, 0.2) is 0 Å². The Balaban J connectivity index is 1.64. The monoisotopic (exact) mass is 368 g/mol. The van der Waals surface area contributed by atoms with Gasteiger partial charge in [-0.2, -0.15) is 0 Å². The fourth-order valence-corrected chi connectivity index (χ4v) is 3.52. The normalized spacial score (nSPS) is 14.0. The number of nitrogen functional groups attached to an aromatic ring is 1. The molecule has 7 heteroatoms. The standard InChI is InChI=1S/C19H17FN4OS/c20-15-9-12(21)5-6-18(15)26-17-4-2-1-3-14(17)16-7-8-22-19(24-16)23-13-10-25-11-13/h1-9,13H,10-11,21H2,(H,22,23,24). The summed E-state index contributed by atoms with van der Waals surface area (Å²) in [6.45, 7) is 1.33. The molecule has 26 heavy (non-hydrogen) atoms. The van der Waals surface area contributed by atoms with Gasteiger partial charge in [0.2, 0.25) is 5.95 Å². The molecule has 0 bridgehead atoms. The van der Waals surface area contributed by atoms with Gasteiger partial charge in [0, 0.05) is 27.2 Å². The molecule has 0 atom stereocenters. The zero-order chi connectivity index (χ0) is 17.9. The van der Waals surface area contributed by atoms with E-state index in [1.165, 1.54) is 17.8 Å². The van der Waals surface area contributed by atoms with Crippen LogP contribution in [-0.4, -0.2) is 29.2 Å². The summed E-state index contributed by atoms with van der Waals surface area (Å²) in [4.78, 5) is 10.3. The zero-order valence-electron chi connectivity index (χ0n) is 13.9. The van der Waals surface area contributed by atoms with Crippen molar-refractivity contribution in [2.24, 2.45) is 0 Å². The van der Waals surface area contributed by atoms with Gasteiger partial charge in [0.25, 0.3) is 0 Å². The second-order valence-corrected chi connectivity index (χ2v) is 7.02. The first kappa shape index (κ1) is 16.8. The quantitative estimate of drug-likeness (QED) is 0.667. The van der Waals surface area contributed by atoms with Gasteiger partial charge in [-0.05, 0) is 30.3 Å². The predicted octanol–water partition coefficient (Wildman–Crippen LogP) is 3.83. The molecule has 1 saturated heterocycles. The summed E-state index contributed by atoms with van der Waals surface area (Å²) in [5, 5.41) is 3.25. The molecule has 1 aromatic heterocycles. The Morgan fingerprint density at radius 2 is 1.96 bits per heavy atom. The van der Waals surface area contributed by atoms with E-state index < -0.39 is 0 Å². The molecule has 0 unspecified atom stereocenters. The van der Waals surface area contributed by atoms with E-state index in [9.17, 15) is 4.39 Å². The Kier molecular flexibility index (Phi) is 4.73. The van der Waals surface area contributed by atoms with Crippen LogP contribution in [0.2, 0.25) is 0 Å². The molecular weight excluding hydrogens is 351 g/mol. The van der Waals surface area contributed by atoms with Crippen molar-refractivity contribution in [1.29, 1.82) is 0 Å². The lowest BCUT2D eigenvalue weighted by Crippen LogP contribution is -2.40. The van der Waals surface area contributed by atoms with Crippen LogP contribution in [-0.2, 0) is 4.74 Å². The Bertz CT molecular complexity index is 933. The summed E-state index contributed by atoms with van der Waals surface area (Å²) >= 11 is 1.35. The van der Waals surface area contributed by atoms with Crippen molar-refractivity contribution in [3.05, 3.63) is 60.5 Å². The number of nitrogens with zero attached hydrogens (tertiary/aromatic N) is 2. The highest BCUT2D eigenvalue weighted by Crippen LogP contribution is 2.37. The summed E-state index contributed by atoms with van der Waals surface area (Å²) in [5.74, 6) is 0.231. The minimum Gasteiger partial charge on any atom is -0.399 e. The third-order valence-electron chi connectivity index (χ3n) is 3.97. The molecule has 0 amide bonds. The van der Waals surface area contributed by atoms with E-state index in [0.29, 0.717) is 29.7 Å². The summed E-state index contributed by atoms with van der Waals surface area (Å²) in [6, 6.07) is 14.6. The molecular formula is C19H17FN4OS. The van der Waals surface area contributed by atoms with Crippen LogP contribution >= 0.6 is 11.8 Å². The fraction of sp³-hybridized carbons (Fsp3) is 0.158. The molecule has 1 aliphatic rings. The van der Waals surface area contributed by atoms with Crippen molar-refractivity contribution >= 4 is 23.4 Å². The van der Waals surface area contributed by atoms with Crippen LogP contribution in [0.1, 0.15) is 0 Å². The van der Waals surface area contributed by atoms with Crippen LogP contribution in [0.3, 0.4) is 0 Å². The van der Waals surface area contributed by atoms with Crippen LogP contribution in [0.25, 0.3) is 11.3 Å². The average Bonchev–Trinajstić information content (AvgIpc) is 2.61. The Hall–Kier alpha value is -2.64. The van der Waals surface area contributed by atoms with E-state index in [1.807, 2.05) is 30.3 Å². The van der Waals surface area contributed by atoms with E-state index in [2.05, 4.69) is 15.3 Å². The smallest absolute Gasteiger partial charge is 0.223 e. The first-order valence-electron chi connectivity index (χ1n) is 8.18. The molecule has 3 aromatic rings. The molecule has 4 rings (SSSR count). The van der Waals surface area contributed by atoms with Crippen LogP contribution in [0.5, 0.6) is 0 Å². The first-order valence-corrected chi connectivity index (χ1v) is 9.00. The summed E-state index contributed by atoms with van der Waals surface area (Å²) in [6.07, 6.45) is 1.72. The number of hydrogen-bond donors (Lipinski definition) is 2. The van der Waals surface area contributed by atoms with Gasteiger partial charge in [-0.1, -0.05) is 30.0 Å². The number of halogens is 1. The topological polar surface area (TPSA) is 73.1 Å². The van der Waals surface area contributed by atoms with E-state index in [0.717, 1.165) is 16.2 Å². The molecule has 2 aromatic carbocycles. The van der Waals surface area contributed by atoms with Crippen molar-refractivity contribution in [3.8, 4) is 11.3 Å². The second-order valence-electron chi connectivity index (χ2n) is 5.93.